The first-order valence-electron chi connectivity index (χ1n) is 9.80. The molecule has 1 saturated carbocycles. The Hall–Kier alpha value is -1.35. The van der Waals surface area contributed by atoms with E-state index in [-0.39, 0.29) is 11.9 Å². The molecule has 0 radical (unpaired) electrons. The van der Waals surface area contributed by atoms with Gasteiger partial charge in [0.05, 0.1) is 6.04 Å². The van der Waals surface area contributed by atoms with Gasteiger partial charge in [-0.15, -0.1) is 0 Å². The molecule has 1 aliphatic heterocycles. The maximum atomic E-state index is 12.5. The van der Waals surface area contributed by atoms with Gasteiger partial charge in [0.15, 0.2) is 0 Å². The minimum absolute atomic E-state index is 0.0181. The van der Waals surface area contributed by atoms with Gasteiger partial charge in [0.1, 0.15) is 0 Å². The number of rotatable bonds is 5. The lowest BCUT2D eigenvalue weighted by atomic mass is 9.89. The molecule has 2 fully saturated rings. The summed E-state index contributed by atoms with van der Waals surface area (Å²) in [6.07, 6.45) is 9.78. The van der Waals surface area contributed by atoms with Crippen molar-refractivity contribution in [1.82, 2.24) is 10.2 Å². The highest BCUT2D eigenvalue weighted by Crippen LogP contribution is 2.23. The van der Waals surface area contributed by atoms with Crippen molar-refractivity contribution in [1.29, 1.82) is 0 Å². The van der Waals surface area contributed by atoms with Crippen LogP contribution in [0.4, 0.5) is 0 Å². The molecule has 1 aromatic rings. The van der Waals surface area contributed by atoms with Crippen molar-refractivity contribution in [2.24, 2.45) is 5.92 Å². The zero-order chi connectivity index (χ0) is 16.8. The fourth-order valence-electron chi connectivity index (χ4n) is 4.23. The van der Waals surface area contributed by atoms with E-state index in [0.29, 0.717) is 6.04 Å². The molecule has 1 heterocycles. The van der Waals surface area contributed by atoms with Crippen LogP contribution in [-0.2, 0) is 11.2 Å². The van der Waals surface area contributed by atoms with Crippen LogP contribution in [0.15, 0.2) is 30.3 Å². The van der Waals surface area contributed by atoms with E-state index >= 15 is 0 Å². The van der Waals surface area contributed by atoms with Crippen molar-refractivity contribution in [3.63, 3.8) is 0 Å². The van der Waals surface area contributed by atoms with Gasteiger partial charge in [-0.25, -0.2) is 0 Å². The first-order chi connectivity index (χ1) is 11.7. The van der Waals surface area contributed by atoms with Crippen LogP contribution in [0.2, 0.25) is 0 Å². The number of hydrogen-bond acceptors (Lipinski definition) is 2. The number of piperidine rings is 1. The second kappa shape index (κ2) is 8.66. The number of hydrogen-bond donors (Lipinski definition) is 1. The smallest absolute Gasteiger partial charge is 0.237 e. The largest absolute Gasteiger partial charge is 0.352 e. The average Bonchev–Trinajstić information content (AvgIpc) is 2.63. The van der Waals surface area contributed by atoms with Crippen LogP contribution in [0.25, 0.3) is 0 Å². The molecule has 1 aliphatic carbocycles. The molecule has 3 nitrogen and oxygen atoms in total. The maximum Gasteiger partial charge on any atom is 0.237 e. The Kier molecular flexibility index (Phi) is 6.30. The summed E-state index contributed by atoms with van der Waals surface area (Å²) in [5.41, 5.74) is 1.44. The predicted molar refractivity (Wildman–Crippen MR) is 98.9 cm³/mol. The van der Waals surface area contributed by atoms with Gasteiger partial charge in [-0.05, 0) is 63.6 Å². The van der Waals surface area contributed by atoms with Crippen LogP contribution in [0.5, 0.6) is 0 Å². The molecule has 0 aromatic heterocycles. The Labute approximate surface area is 146 Å². The number of amides is 1. The molecule has 1 amide bonds. The molecular formula is C21H32N2O. The van der Waals surface area contributed by atoms with Crippen LogP contribution in [0.1, 0.15) is 57.4 Å². The van der Waals surface area contributed by atoms with Gasteiger partial charge in [-0.3, -0.25) is 9.69 Å². The van der Waals surface area contributed by atoms with E-state index in [4.69, 9.17) is 0 Å². The van der Waals surface area contributed by atoms with E-state index in [1.807, 2.05) is 0 Å². The zero-order valence-electron chi connectivity index (χ0n) is 15.0. The first-order valence-corrected chi connectivity index (χ1v) is 9.80. The van der Waals surface area contributed by atoms with Crippen LogP contribution in [-0.4, -0.2) is 36.0 Å². The van der Waals surface area contributed by atoms with Crippen LogP contribution >= 0.6 is 0 Å². The van der Waals surface area contributed by atoms with Crippen LogP contribution in [0.3, 0.4) is 0 Å². The highest BCUT2D eigenvalue weighted by Gasteiger charge is 2.28. The summed E-state index contributed by atoms with van der Waals surface area (Å²) < 4.78 is 0. The molecule has 1 aromatic carbocycles. The minimum Gasteiger partial charge on any atom is -0.352 e. The number of carbonyl (C=O) groups excluding carboxylic acids is 1. The third-order valence-corrected chi connectivity index (χ3v) is 5.90. The number of carbonyl (C=O) groups is 1. The minimum atomic E-state index is 0.0181. The number of nitrogens with one attached hydrogen (secondary N) is 1. The van der Waals surface area contributed by atoms with E-state index in [1.165, 1.54) is 44.1 Å². The van der Waals surface area contributed by atoms with Gasteiger partial charge in [-0.1, -0.05) is 49.6 Å². The fourth-order valence-corrected chi connectivity index (χ4v) is 4.23. The van der Waals surface area contributed by atoms with Crippen molar-refractivity contribution in [3.05, 3.63) is 35.9 Å². The van der Waals surface area contributed by atoms with Crippen LogP contribution in [0, 0.1) is 5.92 Å². The normalized spacial score (nSPS) is 22.2. The Morgan fingerprint density at radius 2 is 1.75 bits per heavy atom. The third-order valence-electron chi connectivity index (χ3n) is 5.90. The highest BCUT2D eigenvalue weighted by molar-refractivity contribution is 5.81. The zero-order valence-corrected chi connectivity index (χ0v) is 15.0. The topological polar surface area (TPSA) is 32.3 Å². The molecule has 3 rings (SSSR count). The lowest BCUT2D eigenvalue weighted by Crippen LogP contribution is -2.50. The summed E-state index contributed by atoms with van der Waals surface area (Å²) in [4.78, 5) is 14.9. The monoisotopic (exact) mass is 328 g/mol. The molecule has 0 spiro atoms. The van der Waals surface area contributed by atoms with E-state index in [0.717, 1.165) is 31.8 Å². The van der Waals surface area contributed by atoms with Crippen molar-refractivity contribution in [3.8, 4) is 0 Å². The number of nitrogens with zero attached hydrogens (tertiary/aromatic N) is 1. The third kappa shape index (κ3) is 4.83. The van der Waals surface area contributed by atoms with Crippen LogP contribution < -0.4 is 5.32 Å². The molecule has 132 valence electrons. The van der Waals surface area contributed by atoms with Gasteiger partial charge in [0, 0.05) is 6.04 Å². The van der Waals surface area contributed by atoms with Gasteiger partial charge < -0.3 is 5.32 Å². The molecule has 1 atom stereocenters. The summed E-state index contributed by atoms with van der Waals surface area (Å²) in [5, 5.41) is 3.29. The lowest BCUT2D eigenvalue weighted by Gasteiger charge is -2.36. The predicted octanol–water partition coefficient (Wildman–Crippen LogP) is 3.78. The van der Waals surface area contributed by atoms with Gasteiger partial charge in [-0.2, -0.15) is 0 Å². The summed E-state index contributed by atoms with van der Waals surface area (Å²) in [6.45, 7) is 4.18. The second-order valence-electron chi connectivity index (χ2n) is 7.69. The Bertz CT molecular complexity index is 502. The van der Waals surface area contributed by atoms with Crippen molar-refractivity contribution in [2.45, 2.75) is 70.4 Å². The Morgan fingerprint density at radius 3 is 2.42 bits per heavy atom. The standard InChI is InChI=1S/C21H32N2O/c1-17(21(24)22-20-10-6-3-7-11-20)23-14-12-19(13-15-23)16-18-8-4-2-5-9-18/h2,4-5,8-9,17,19-20H,3,6-7,10-16H2,1H3,(H,22,24)/t17-/m0/s1. The summed E-state index contributed by atoms with van der Waals surface area (Å²) >= 11 is 0. The van der Waals surface area contributed by atoms with E-state index < -0.39 is 0 Å². The Balaban J connectivity index is 1.42. The average molecular weight is 329 g/mol. The van der Waals surface area contributed by atoms with E-state index in [2.05, 4.69) is 47.5 Å². The van der Waals surface area contributed by atoms with Gasteiger partial charge >= 0.3 is 0 Å². The van der Waals surface area contributed by atoms with E-state index in [9.17, 15) is 4.79 Å². The van der Waals surface area contributed by atoms with Crippen molar-refractivity contribution < 1.29 is 4.79 Å². The summed E-state index contributed by atoms with van der Waals surface area (Å²) in [7, 11) is 0. The van der Waals surface area contributed by atoms with Gasteiger partial charge in [0.2, 0.25) is 5.91 Å². The molecule has 0 unspecified atom stereocenters. The second-order valence-corrected chi connectivity index (χ2v) is 7.69. The molecule has 0 bridgehead atoms. The quantitative estimate of drug-likeness (QED) is 0.892. The SMILES string of the molecule is C[C@@H](C(=O)NC1CCCCC1)N1CCC(Cc2ccccc2)CC1. The van der Waals surface area contributed by atoms with Crippen molar-refractivity contribution in [2.75, 3.05) is 13.1 Å². The molecule has 24 heavy (non-hydrogen) atoms. The maximum absolute atomic E-state index is 12.5. The summed E-state index contributed by atoms with van der Waals surface area (Å²) in [5.74, 6) is 1.00. The molecule has 3 heteroatoms. The van der Waals surface area contributed by atoms with Crippen molar-refractivity contribution >= 4 is 5.91 Å². The molecule has 1 saturated heterocycles. The van der Waals surface area contributed by atoms with Gasteiger partial charge in [0.25, 0.3) is 0 Å². The lowest BCUT2D eigenvalue weighted by molar-refractivity contribution is -0.127. The fraction of sp³-hybridized carbons (Fsp3) is 0.667. The first kappa shape index (κ1) is 17.5. The number of benzene rings is 1. The molecule has 2 aliphatic rings. The number of likely N-dealkylation sites (tertiary alicyclic amines) is 1. The summed E-state index contributed by atoms with van der Waals surface area (Å²) in [6, 6.07) is 11.2. The Morgan fingerprint density at radius 1 is 1.08 bits per heavy atom. The molecular weight excluding hydrogens is 296 g/mol. The van der Waals surface area contributed by atoms with E-state index in [1.54, 1.807) is 0 Å². The molecule has 1 N–H and O–H groups in total. The highest BCUT2D eigenvalue weighted by atomic mass is 16.2.